The summed E-state index contributed by atoms with van der Waals surface area (Å²) in [5.41, 5.74) is 1.74. The van der Waals surface area contributed by atoms with Gasteiger partial charge in [0.25, 0.3) is 0 Å². The molecule has 1 aromatic heterocycles. The first kappa shape index (κ1) is 13.2. The van der Waals surface area contributed by atoms with Crippen LogP contribution in [0.1, 0.15) is 17.2 Å². The third-order valence-corrected chi connectivity index (χ3v) is 2.81. The van der Waals surface area contributed by atoms with Crippen molar-refractivity contribution < 1.29 is 9.90 Å². The molecule has 1 amide bonds. The van der Waals surface area contributed by atoms with Gasteiger partial charge in [0, 0.05) is 12.4 Å². The maximum atomic E-state index is 11.9. The third kappa shape index (κ3) is 3.89. The Bertz CT molecular complexity index is 514. The van der Waals surface area contributed by atoms with Crippen LogP contribution in [0.15, 0.2) is 54.9 Å². The fraction of sp³-hybridized carbons (Fsp3) is 0.200. The van der Waals surface area contributed by atoms with E-state index in [0.29, 0.717) is 0 Å². The molecule has 0 fully saturated rings. The molecule has 1 atom stereocenters. The molecule has 2 aromatic rings. The van der Waals surface area contributed by atoms with Crippen LogP contribution < -0.4 is 5.32 Å². The Hall–Kier alpha value is -2.20. The van der Waals surface area contributed by atoms with E-state index in [1.807, 2.05) is 36.4 Å². The summed E-state index contributed by atoms with van der Waals surface area (Å²) in [7, 11) is 0. The molecule has 2 rings (SSSR count). The van der Waals surface area contributed by atoms with Gasteiger partial charge in [-0.1, -0.05) is 36.4 Å². The maximum absolute atomic E-state index is 11.9. The summed E-state index contributed by atoms with van der Waals surface area (Å²) in [5, 5.41) is 12.2. The molecule has 0 spiro atoms. The van der Waals surface area contributed by atoms with Gasteiger partial charge in [0.2, 0.25) is 5.91 Å². The number of rotatable bonds is 5. The number of benzene rings is 1. The van der Waals surface area contributed by atoms with Gasteiger partial charge in [-0.3, -0.25) is 9.78 Å². The Balaban J connectivity index is 1.97. The quantitative estimate of drug-likeness (QED) is 0.851. The normalized spacial score (nSPS) is 11.8. The lowest BCUT2D eigenvalue weighted by Gasteiger charge is -2.16. The predicted molar refractivity (Wildman–Crippen MR) is 72.4 cm³/mol. The van der Waals surface area contributed by atoms with Gasteiger partial charge in [0.15, 0.2) is 0 Å². The van der Waals surface area contributed by atoms with Crippen molar-refractivity contribution in [3.05, 3.63) is 66.0 Å². The highest BCUT2D eigenvalue weighted by Crippen LogP contribution is 2.11. The Labute approximate surface area is 112 Å². The van der Waals surface area contributed by atoms with Crippen molar-refractivity contribution >= 4 is 5.91 Å². The van der Waals surface area contributed by atoms with Gasteiger partial charge in [-0.15, -0.1) is 0 Å². The average molecular weight is 256 g/mol. The summed E-state index contributed by atoms with van der Waals surface area (Å²) >= 11 is 0. The van der Waals surface area contributed by atoms with Crippen LogP contribution in [-0.4, -0.2) is 22.6 Å². The van der Waals surface area contributed by atoms with E-state index < -0.39 is 0 Å². The van der Waals surface area contributed by atoms with Gasteiger partial charge in [-0.2, -0.15) is 0 Å². The molecule has 0 aliphatic heterocycles. The Morgan fingerprint density at radius 2 is 2.00 bits per heavy atom. The van der Waals surface area contributed by atoms with E-state index in [4.69, 9.17) is 0 Å². The van der Waals surface area contributed by atoms with E-state index in [9.17, 15) is 9.90 Å². The largest absolute Gasteiger partial charge is 0.394 e. The van der Waals surface area contributed by atoms with E-state index in [0.717, 1.165) is 11.1 Å². The van der Waals surface area contributed by atoms with Crippen molar-refractivity contribution in [1.82, 2.24) is 10.3 Å². The van der Waals surface area contributed by atoms with Crippen molar-refractivity contribution in [3.63, 3.8) is 0 Å². The second kappa shape index (κ2) is 6.66. The molecule has 0 aliphatic rings. The standard InChI is InChI=1S/C15H16N2O2/c18-11-14(13-6-2-1-3-7-13)17-15(19)9-12-5-4-8-16-10-12/h1-8,10,14,18H,9,11H2,(H,17,19). The highest BCUT2D eigenvalue weighted by molar-refractivity contribution is 5.78. The molecule has 0 bridgehead atoms. The van der Waals surface area contributed by atoms with E-state index in [2.05, 4.69) is 10.3 Å². The number of aromatic nitrogens is 1. The second-order valence-electron chi connectivity index (χ2n) is 4.25. The molecule has 4 heteroatoms. The Morgan fingerprint density at radius 3 is 2.63 bits per heavy atom. The first-order valence-electron chi connectivity index (χ1n) is 6.13. The third-order valence-electron chi connectivity index (χ3n) is 2.81. The van der Waals surface area contributed by atoms with Crippen molar-refractivity contribution in [1.29, 1.82) is 0 Å². The molecular formula is C15H16N2O2. The number of hydrogen-bond acceptors (Lipinski definition) is 3. The van der Waals surface area contributed by atoms with Gasteiger partial charge in [0.1, 0.15) is 0 Å². The molecule has 19 heavy (non-hydrogen) atoms. The van der Waals surface area contributed by atoms with Crippen LogP contribution in [0.25, 0.3) is 0 Å². The highest BCUT2D eigenvalue weighted by atomic mass is 16.3. The number of pyridine rings is 1. The molecule has 2 N–H and O–H groups in total. The Kier molecular flexibility index (Phi) is 4.64. The maximum Gasteiger partial charge on any atom is 0.225 e. The number of aliphatic hydroxyl groups is 1. The molecule has 0 radical (unpaired) electrons. The smallest absolute Gasteiger partial charge is 0.225 e. The van der Waals surface area contributed by atoms with Crippen LogP contribution in [0, 0.1) is 0 Å². The van der Waals surface area contributed by atoms with Gasteiger partial charge >= 0.3 is 0 Å². The molecule has 1 aromatic carbocycles. The van der Waals surface area contributed by atoms with E-state index >= 15 is 0 Å². The van der Waals surface area contributed by atoms with Crippen LogP contribution in [0.3, 0.4) is 0 Å². The van der Waals surface area contributed by atoms with Crippen molar-refractivity contribution in [3.8, 4) is 0 Å². The first-order valence-corrected chi connectivity index (χ1v) is 6.13. The minimum Gasteiger partial charge on any atom is -0.394 e. The SMILES string of the molecule is O=C(Cc1cccnc1)NC(CO)c1ccccc1. The number of carbonyl (C=O) groups is 1. The highest BCUT2D eigenvalue weighted by Gasteiger charge is 2.13. The van der Waals surface area contributed by atoms with Crippen molar-refractivity contribution in [2.75, 3.05) is 6.61 Å². The summed E-state index contributed by atoms with van der Waals surface area (Å²) in [4.78, 5) is 15.9. The Morgan fingerprint density at radius 1 is 1.21 bits per heavy atom. The fourth-order valence-electron chi connectivity index (χ4n) is 1.85. The summed E-state index contributed by atoms with van der Waals surface area (Å²) in [6.07, 6.45) is 3.59. The first-order chi connectivity index (χ1) is 9.29. The van der Waals surface area contributed by atoms with Crippen molar-refractivity contribution in [2.24, 2.45) is 0 Å². The van der Waals surface area contributed by atoms with E-state index in [-0.39, 0.29) is 25.0 Å². The lowest BCUT2D eigenvalue weighted by atomic mass is 10.1. The molecule has 1 unspecified atom stereocenters. The van der Waals surface area contributed by atoms with Gasteiger partial charge in [0.05, 0.1) is 19.1 Å². The summed E-state index contributed by atoms with van der Waals surface area (Å²) in [6, 6.07) is 12.7. The topological polar surface area (TPSA) is 62.2 Å². The number of nitrogens with one attached hydrogen (secondary N) is 1. The van der Waals surface area contributed by atoms with Gasteiger partial charge in [-0.05, 0) is 17.2 Å². The summed E-state index contributed by atoms with van der Waals surface area (Å²) in [6.45, 7) is -0.122. The predicted octanol–water partition coefficient (Wildman–Crippen LogP) is 1.47. The molecular weight excluding hydrogens is 240 g/mol. The van der Waals surface area contributed by atoms with Crippen LogP contribution in [-0.2, 0) is 11.2 Å². The minimum absolute atomic E-state index is 0.122. The minimum atomic E-state index is -0.370. The number of carbonyl (C=O) groups excluding carboxylic acids is 1. The zero-order chi connectivity index (χ0) is 13.5. The zero-order valence-electron chi connectivity index (χ0n) is 10.5. The number of nitrogens with zero attached hydrogens (tertiary/aromatic N) is 1. The monoisotopic (exact) mass is 256 g/mol. The summed E-state index contributed by atoms with van der Waals surface area (Å²) in [5.74, 6) is -0.129. The van der Waals surface area contributed by atoms with Crippen molar-refractivity contribution in [2.45, 2.75) is 12.5 Å². The molecule has 4 nitrogen and oxygen atoms in total. The molecule has 98 valence electrons. The lowest BCUT2D eigenvalue weighted by Crippen LogP contribution is -2.31. The van der Waals surface area contributed by atoms with Crippen LogP contribution >= 0.6 is 0 Å². The van der Waals surface area contributed by atoms with Crippen LogP contribution in [0.2, 0.25) is 0 Å². The van der Waals surface area contributed by atoms with E-state index in [1.54, 1.807) is 18.5 Å². The zero-order valence-corrected chi connectivity index (χ0v) is 10.5. The number of aliphatic hydroxyl groups excluding tert-OH is 1. The second-order valence-corrected chi connectivity index (χ2v) is 4.25. The number of amides is 1. The van der Waals surface area contributed by atoms with Gasteiger partial charge in [-0.25, -0.2) is 0 Å². The molecule has 0 aliphatic carbocycles. The fourth-order valence-corrected chi connectivity index (χ4v) is 1.85. The van der Waals surface area contributed by atoms with Gasteiger partial charge < -0.3 is 10.4 Å². The lowest BCUT2D eigenvalue weighted by molar-refractivity contribution is -0.121. The van der Waals surface area contributed by atoms with Crippen LogP contribution in [0.5, 0.6) is 0 Å². The summed E-state index contributed by atoms with van der Waals surface area (Å²) < 4.78 is 0. The van der Waals surface area contributed by atoms with E-state index in [1.165, 1.54) is 0 Å². The molecule has 1 heterocycles. The molecule has 0 saturated heterocycles. The number of hydrogen-bond donors (Lipinski definition) is 2. The van der Waals surface area contributed by atoms with Crippen LogP contribution in [0.4, 0.5) is 0 Å². The molecule has 0 saturated carbocycles. The average Bonchev–Trinajstić information content (AvgIpc) is 2.47.